The minimum atomic E-state index is -0.618. The molecular formula is C21H14O5. The minimum absolute atomic E-state index is 0.0956. The van der Waals surface area contributed by atoms with Crippen LogP contribution in [0.15, 0.2) is 80.6 Å². The lowest BCUT2D eigenvalue weighted by Gasteiger charge is -2.11. The van der Waals surface area contributed by atoms with E-state index in [1.807, 2.05) is 37.3 Å². The van der Waals surface area contributed by atoms with E-state index in [0.717, 1.165) is 11.1 Å². The molecule has 5 nitrogen and oxygen atoms in total. The molecule has 0 amide bonds. The molecule has 0 fully saturated rings. The van der Waals surface area contributed by atoms with Crippen LogP contribution in [0, 0.1) is 6.92 Å². The summed E-state index contributed by atoms with van der Waals surface area (Å²) in [5, 5.41) is 0.557. The summed E-state index contributed by atoms with van der Waals surface area (Å²) in [5.74, 6) is -0.214. The van der Waals surface area contributed by atoms with Crippen LogP contribution in [0.4, 0.5) is 0 Å². The number of fused-ring (bicyclic) bond motifs is 1. The van der Waals surface area contributed by atoms with Gasteiger partial charge in [0.25, 0.3) is 0 Å². The number of carbonyl (C=O) groups excluding carboxylic acids is 1. The quantitative estimate of drug-likeness (QED) is 0.308. The summed E-state index contributed by atoms with van der Waals surface area (Å²) >= 11 is 0. The molecule has 26 heavy (non-hydrogen) atoms. The number of hydrogen-bond donors (Lipinski definition) is 0. The van der Waals surface area contributed by atoms with E-state index in [0.29, 0.717) is 22.3 Å². The maximum absolute atomic E-state index is 12.3. The molecular weight excluding hydrogens is 332 g/mol. The van der Waals surface area contributed by atoms with Gasteiger partial charge in [0.05, 0.1) is 11.6 Å². The Bertz CT molecular complexity index is 1140. The molecule has 128 valence electrons. The first-order valence-electron chi connectivity index (χ1n) is 8.01. The Balaban J connectivity index is 1.95. The van der Waals surface area contributed by atoms with Crippen LogP contribution in [0.25, 0.3) is 22.1 Å². The molecule has 5 heteroatoms. The van der Waals surface area contributed by atoms with E-state index in [1.54, 1.807) is 18.2 Å². The number of aryl methyl sites for hydroxylation is 1. The number of hydrogen-bond acceptors (Lipinski definition) is 5. The Kier molecular flexibility index (Phi) is 3.89. The summed E-state index contributed by atoms with van der Waals surface area (Å²) in [6.07, 6.45) is 1.40. The predicted octanol–water partition coefficient (Wildman–Crippen LogP) is 4.58. The van der Waals surface area contributed by atoms with Crippen molar-refractivity contribution >= 4 is 16.9 Å². The molecule has 0 spiro atoms. The third-order valence-electron chi connectivity index (χ3n) is 3.96. The van der Waals surface area contributed by atoms with Crippen LogP contribution in [0.1, 0.15) is 16.1 Å². The normalized spacial score (nSPS) is 10.8. The van der Waals surface area contributed by atoms with Crippen molar-refractivity contribution in [2.24, 2.45) is 0 Å². The average molecular weight is 346 g/mol. The van der Waals surface area contributed by atoms with Gasteiger partial charge in [0, 0.05) is 11.6 Å². The van der Waals surface area contributed by atoms with Gasteiger partial charge in [-0.25, -0.2) is 9.59 Å². The highest BCUT2D eigenvalue weighted by Gasteiger charge is 2.18. The molecule has 0 bridgehead atoms. The lowest BCUT2D eigenvalue weighted by molar-refractivity contribution is 0.0704. The Morgan fingerprint density at radius 3 is 2.54 bits per heavy atom. The highest BCUT2D eigenvalue weighted by Crippen LogP contribution is 2.35. The van der Waals surface area contributed by atoms with E-state index in [1.165, 1.54) is 18.4 Å². The van der Waals surface area contributed by atoms with Crippen molar-refractivity contribution in [3.63, 3.8) is 0 Å². The molecule has 0 aliphatic heterocycles. The van der Waals surface area contributed by atoms with E-state index in [4.69, 9.17) is 13.6 Å². The van der Waals surface area contributed by atoms with E-state index in [2.05, 4.69) is 0 Å². The van der Waals surface area contributed by atoms with E-state index < -0.39 is 11.6 Å². The zero-order chi connectivity index (χ0) is 18.1. The Labute approximate surface area is 148 Å². The van der Waals surface area contributed by atoms with Gasteiger partial charge in [-0.1, -0.05) is 30.3 Å². The molecule has 0 aliphatic rings. The fourth-order valence-corrected chi connectivity index (χ4v) is 2.87. The predicted molar refractivity (Wildman–Crippen MR) is 96.3 cm³/mol. The Morgan fingerprint density at radius 1 is 1.00 bits per heavy atom. The van der Waals surface area contributed by atoms with Crippen molar-refractivity contribution < 1.29 is 18.4 Å². The van der Waals surface area contributed by atoms with Crippen LogP contribution in [-0.4, -0.2) is 5.97 Å². The van der Waals surface area contributed by atoms with Gasteiger partial charge in [0.2, 0.25) is 5.76 Å². The molecule has 2 aromatic carbocycles. The third-order valence-corrected chi connectivity index (χ3v) is 3.96. The number of carbonyl (C=O) groups is 1. The lowest BCUT2D eigenvalue weighted by Crippen LogP contribution is -2.08. The van der Waals surface area contributed by atoms with Gasteiger partial charge in [-0.15, -0.1) is 0 Å². The fourth-order valence-electron chi connectivity index (χ4n) is 2.87. The average Bonchev–Trinajstić information content (AvgIpc) is 3.16. The molecule has 0 saturated heterocycles. The van der Waals surface area contributed by atoms with Crippen LogP contribution in [0.3, 0.4) is 0 Å². The first kappa shape index (κ1) is 15.9. The van der Waals surface area contributed by atoms with Gasteiger partial charge in [-0.05, 0) is 42.3 Å². The minimum Gasteiger partial charge on any atom is -0.457 e. The van der Waals surface area contributed by atoms with E-state index in [9.17, 15) is 9.59 Å². The first-order chi connectivity index (χ1) is 12.6. The lowest BCUT2D eigenvalue weighted by atomic mass is 10.0. The van der Waals surface area contributed by atoms with Crippen molar-refractivity contribution in [3.05, 3.63) is 88.7 Å². The molecule has 0 saturated carbocycles. The van der Waals surface area contributed by atoms with Crippen molar-refractivity contribution in [1.82, 2.24) is 0 Å². The summed E-state index contributed by atoms with van der Waals surface area (Å²) in [6.45, 7) is 1.83. The largest absolute Gasteiger partial charge is 0.457 e. The molecule has 0 atom stereocenters. The van der Waals surface area contributed by atoms with Crippen molar-refractivity contribution in [3.8, 4) is 16.9 Å². The molecule has 0 aliphatic carbocycles. The van der Waals surface area contributed by atoms with E-state index in [-0.39, 0.29) is 5.76 Å². The second-order valence-corrected chi connectivity index (χ2v) is 5.85. The molecule has 0 N–H and O–H groups in total. The maximum Gasteiger partial charge on any atom is 0.379 e. The number of ether oxygens (including phenoxy) is 1. The molecule has 4 aromatic rings. The monoisotopic (exact) mass is 346 g/mol. The summed E-state index contributed by atoms with van der Waals surface area (Å²) in [7, 11) is 0. The molecule has 2 aromatic heterocycles. The molecule has 2 heterocycles. The first-order valence-corrected chi connectivity index (χ1v) is 8.01. The van der Waals surface area contributed by atoms with Crippen LogP contribution < -0.4 is 10.4 Å². The van der Waals surface area contributed by atoms with Crippen molar-refractivity contribution in [2.45, 2.75) is 6.92 Å². The van der Waals surface area contributed by atoms with Gasteiger partial charge in [-0.2, -0.15) is 0 Å². The van der Waals surface area contributed by atoms with Gasteiger partial charge in [-0.3, -0.25) is 0 Å². The molecule has 4 rings (SSSR count). The van der Waals surface area contributed by atoms with Gasteiger partial charge in [0.15, 0.2) is 0 Å². The number of esters is 1. The van der Waals surface area contributed by atoms with Gasteiger partial charge < -0.3 is 13.6 Å². The number of furan rings is 1. The van der Waals surface area contributed by atoms with E-state index >= 15 is 0 Å². The summed E-state index contributed by atoms with van der Waals surface area (Å²) in [5.41, 5.74) is 2.15. The van der Waals surface area contributed by atoms with Crippen LogP contribution in [0.2, 0.25) is 0 Å². The Hall–Kier alpha value is -3.60. The van der Waals surface area contributed by atoms with Crippen LogP contribution in [0.5, 0.6) is 5.75 Å². The highest BCUT2D eigenvalue weighted by atomic mass is 16.5. The Morgan fingerprint density at radius 2 is 1.81 bits per heavy atom. The summed E-state index contributed by atoms with van der Waals surface area (Å²) in [4.78, 5) is 24.4. The topological polar surface area (TPSA) is 69.7 Å². The number of rotatable bonds is 3. The summed E-state index contributed by atoms with van der Waals surface area (Å²) < 4.78 is 16.0. The number of benzene rings is 2. The second-order valence-electron chi connectivity index (χ2n) is 5.85. The van der Waals surface area contributed by atoms with Crippen molar-refractivity contribution in [2.75, 3.05) is 0 Å². The second kappa shape index (κ2) is 6.37. The highest BCUT2D eigenvalue weighted by molar-refractivity contribution is 6.00. The van der Waals surface area contributed by atoms with Crippen molar-refractivity contribution in [1.29, 1.82) is 0 Å². The van der Waals surface area contributed by atoms with Gasteiger partial charge >= 0.3 is 11.6 Å². The zero-order valence-corrected chi connectivity index (χ0v) is 13.9. The standard InChI is InChI=1S/C21H14O5/c1-13-10-17-20(18(11-13)26-21(23)16-8-5-9-24-16)15(12-19(22)25-17)14-6-3-2-4-7-14/h2-12H,1H3. The molecule has 0 unspecified atom stereocenters. The zero-order valence-electron chi connectivity index (χ0n) is 13.9. The van der Waals surface area contributed by atoms with Crippen LogP contribution in [-0.2, 0) is 0 Å². The smallest absolute Gasteiger partial charge is 0.379 e. The SMILES string of the molecule is Cc1cc(OC(=O)c2ccco2)c2c(-c3ccccc3)cc(=O)oc2c1. The third kappa shape index (κ3) is 2.91. The summed E-state index contributed by atoms with van der Waals surface area (Å²) in [6, 6.07) is 17.4. The fraction of sp³-hybridized carbons (Fsp3) is 0.0476. The van der Waals surface area contributed by atoms with Crippen LogP contribution >= 0.6 is 0 Å². The molecule has 0 radical (unpaired) electrons. The van der Waals surface area contributed by atoms with Gasteiger partial charge in [0.1, 0.15) is 11.3 Å². The maximum atomic E-state index is 12.3.